The first-order chi connectivity index (χ1) is 16.0. The molecule has 0 bridgehead atoms. The number of nitrogens with one attached hydrogen (secondary N) is 4. The van der Waals surface area contributed by atoms with Crippen molar-refractivity contribution in [3.8, 4) is 11.5 Å². The number of aromatic nitrogens is 2. The zero-order chi connectivity index (χ0) is 23.6. The lowest BCUT2D eigenvalue weighted by Gasteiger charge is -2.12. The molecule has 1 aromatic heterocycles. The summed E-state index contributed by atoms with van der Waals surface area (Å²) in [6, 6.07) is 5.24. The number of carboxylic acids is 1. The van der Waals surface area contributed by atoms with E-state index in [4.69, 9.17) is 14.6 Å². The van der Waals surface area contributed by atoms with Crippen LogP contribution in [0.1, 0.15) is 24.8 Å². The molecule has 0 unspecified atom stereocenters. The van der Waals surface area contributed by atoms with Crippen LogP contribution < -0.4 is 30.7 Å². The van der Waals surface area contributed by atoms with E-state index in [-0.39, 0.29) is 18.9 Å². The molecule has 0 atom stereocenters. The topological polar surface area (TPSA) is 147 Å². The highest BCUT2D eigenvalue weighted by Crippen LogP contribution is 2.35. The summed E-state index contributed by atoms with van der Waals surface area (Å²) in [5.41, 5.74) is 1.68. The molecule has 0 spiro atoms. The second-order valence-electron chi connectivity index (χ2n) is 7.20. The van der Waals surface area contributed by atoms with Gasteiger partial charge in [0.25, 0.3) is 5.91 Å². The van der Waals surface area contributed by atoms with Crippen molar-refractivity contribution in [2.75, 3.05) is 49.8 Å². The smallest absolute Gasteiger partial charge is 0.303 e. The van der Waals surface area contributed by atoms with E-state index in [2.05, 4.69) is 31.2 Å². The Bertz CT molecular complexity index is 1030. The van der Waals surface area contributed by atoms with Gasteiger partial charge in [-0.05, 0) is 38.6 Å². The molecule has 0 fully saturated rings. The van der Waals surface area contributed by atoms with Crippen LogP contribution in [0.2, 0.25) is 0 Å². The Morgan fingerprint density at radius 2 is 2.06 bits per heavy atom. The van der Waals surface area contributed by atoms with Crippen molar-refractivity contribution in [3.05, 3.63) is 36.3 Å². The molecule has 1 aliphatic heterocycles. The van der Waals surface area contributed by atoms with Gasteiger partial charge < -0.3 is 35.8 Å². The minimum Gasteiger partial charge on any atom is -0.493 e. The van der Waals surface area contributed by atoms with Crippen molar-refractivity contribution >= 4 is 34.8 Å². The lowest BCUT2D eigenvalue weighted by atomic mass is 10.1. The van der Waals surface area contributed by atoms with Gasteiger partial charge in [-0.15, -0.1) is 0 Å². The Balaban J connectivity index is 1.75. The van der Waals surface area contributed by atoms with Gasteiger partial charge in [0.2, 0.25) is 0 Å². The number of carboxylic acid groups (broad SMARTS) is 1. The zero-order valence-corrected chi connectivity index (χ0v) is 18.6. The first kappa shape index (κ1) is 23.8. The molecule has 176 valence electrons. The standard InChI is InChI=1S/C22H28N6O5/c1-23-8-4-9-24-20-19-15(22(31)28-21(19)27-13-26-20)12-25-14-6-7-16(32-2)17(11-14)33-10-3-5-18(29)30/h6-7,11-13,23,25H,3-5,8-10H2,1-2H3,(H,29,30)(H2,24,26,27,28,31)/b15-12-. The van der Waals surface area contributed by atoms with Gasteiger partial charge in [-0.2, -0.15) is 0 Å². The summed E-state index contributed by atoms with van der Waals surface area (Å²) in [7, 11) is 3.42. The minimum absolute atomic E-state index is 0.0221. The molecule has 11 nitrogen and oxygen atoms in total. The van der Waals surface area contributed by atoms with E-state index in [0.717, 1.165) is 13.0 Å². The second kappa shape index (κ2) is 11.7. The number of hydrogen-bond acceptors (Lipinski definition) is 9. The maximum Gasteiger partial charge on any atom is 0.303 e. The van der Waals surface area contributed by atoms with Gasteiger partial charge in [-0.3, -0.25) is 9.59 Å². The van der Waals surface area contributed by atoms with E-state index in [1.54, 1.807) is 24.4 Å². The average molecular weight is 457 g/mol. The van der Waals surface area contributed by atoms with Crippen molar-refractivity contribution < 1.29 is 24.2 Å². The summed E-state index contributed by atoms with van der Waals surface area (Å²) in [5.74, 6) is 0.875. The van der Waals surface area contributed by atoms with E-state index in [1.807, 2.05) is 7.05 Å². The number of carbonyl (C=O) groups excluding carboxylic acids is 1. The molecule has 1 aliphatic rings. The quantitative estimate of drug-likeness (QED) is 0.224. The van der Waals surface area contributed by atoms with Crippen molar-refractivity contribution in [1.82, 2.24) is 15.3 Å². The highest BCUT2D eigenvalue weighted by atomic mass is 16.5. The van der Waals surface area contributed by atoms with Gasteiger partial charge in [0, 0.05) is 30.9 Å². The predicted molar refractivity (Wildman–Crippen MR) is 125 cm³/mol. The number of benzene rings is 1. The molecular weight excluding hydrogens is 428 g/mol. The summed E-state index contributed by atoms with van der Waals surface area (Å²) < 4.78 is 11.0. The molecule has 2 aromatic rings. The Morgan fingerprint density at radius 1 is 1.21 bits per heavy atom. The van der Waals surface area contributed by atoms with Crippen molar-refractivity contribution in [1.29, 1.82) is 0 Å². The molecule has 3 rings (SSSR count). The van der Waals surface area contributed by atoms with Gasteiger partial charge in [0.15, 0.2) is 11.5 Å². The number of amides is 1. The number of anilines is 3. The highest BCUT2D eigenvalue weighted by Gasteiger charge is 2.29. The third-order valence-corrected chi connectivity index (χ3v) is 4.83. The molecule has 33 heavy (non-hydrogen) atoms. The molecule has 1 amide bonds. The van der Waals surface area contributed by atoms with E-state index >= 15 is 0 Å². The molecular formula is C22H28N6O5. The predicted octanol–water partition coefficient (Wildman–Crippen LogP) is 2.16. The van der Waals surface area contributed by atoms with E-state index in [0.29, 0.717) is 52.9 Å². The SMILES string of the molecule is CNCCCNc1ncnc2c1/C(=C/Nc1ccc(OC)c(OCCCC(=O)O)c1)C(=O)N2. The summed E-state index contributed by atoms with van der Waals surface area (Å²) in [6.45, 7) is 1.79. The van der Waals surface area contributed by atoms with Crippen LogP contribution in [-0.2, 0) is 9.59 Å². The number of nitrogens with zero attached hydrogens (tertiary/aromatic N) is 2. The van der Waals surface area contributed by atoms with Crippen LogP contribution in [-0.4, -0.2) is 60.8 Å². The Morgan fingerprint density at radius 3 is 2.82 bits per heavy atom. The number of rotatable bonds is 13. The summed E-state index contributed by atoms with van der Waals surface area (Å²) >= 11 is 0. The van der Waals surface area contributed by atoms with Gasteiger partial charge in [-0.25, -0.2) is 9.97 Å². The first-order valence-electron chi connectivity index (χ1n) is 10.6. The van der Waals surface area contributed by atoms with Crippen molar-refractivity contribution in [2.45, 2.75) is 19.3 Å². The maximum atomic E-state index is 12.6. The van der Waals surface area contributed by atoms with E-state index < -0.39 is 5.97 Å². The van der Waals surface area contributed by atoms with E-state index in [1.165, 1.54) is 13.4 Å². The first-order valence-corrected chi connectivity index (χ1v) is 10.6. The Labute approximate surface area is 191 Å². The third-order valence-electron chi connectivity index (χ3n) is 4.83. The molecule has 0 saturated carbocycles. The normalized spacial score (nSPS) is 13.4. The van der Waals surface area contributed by atoms with Gasteiger partial charge in [-0.1, -0.05) is 0 Å². The molecule has 0 aliphatic carbocycles. The van der Waals surface area contributed by atoms with Crippen molar-refractivity contribution in [3.63, 3.8) is 0 Å². The molecule has 1 aromatic carbocycles. The number of carbonyl (C=O) groups is 2. The second-order valence-corrected chi connectivity index (χ2v) is 7.20. The van der Waals surface area contributed by atoms with Gasteiger partial charge >= 0.3 is 5.97 Å². The molecule has 5 N–H and O–H groups in total. The van der Waals surface area contributed by atoms with Crippen LogP contribution in [0.5, 0.6) is 11.5 Å². The summed E-state index contributed by atoms with van der Waals surface area (Å²) in [6.07, 6.45) is 4.30. The molecule has 0 saturated heterocycles. The number of ether oxygens (including phenoxy) is 2. The summed E-state index contributed by atoms with van der Waals surface area (Å²) in [4.78, 5) is 31.7. The lowest BCUT2D eigenvalue weighted by molar-refractivity contribution is -0.137. The van der Waals surface area contributed by atoms with E-state index in [9.17, 15) is 9.59 Å². The Hall–Kier alpha value is -3.86. The van der Waals surface area contributed by atoms with Crippen LogP contribution >= 0.6 is 0 Å². The van der Waals surface area contributed by atoms with Crippen LogP contribution in [0.3, 0.4) is 0 Å². The fraction of sp³-hybridized carbons (Fsp3) is 0.364. The fourth-order valence-electron chi connectivity index (χ4n) is 3.21. The van der Waals surface area contributed by atoms with Crippen LogP contribution in [0, 0.1) is 0 Å². The lowest BCUT2D eigenvalue weighted by Crippen LogP contribution is -2.14. The van der Waals surface area contributed by atoms with Gasteiger partial charge in [0.1, 0.15) is 18.0 Å². The highest BCUT2D eigenvalue weighted by molar-refractivity contribution is 6.32. The summed E-state index contributed by atoms with van der Waals surface area (Å²) in [5, 5.41) is 21.0. The largest absolute Gasteiger partial charge is 0.493 e. The number of fused-ring (bicyclic) bond motifs is 1. The van der Waals surface area contributed by atoms with Crippen LogP contribution in [0.4, 0.5) is 17.3 Å². The van der Waals surface area contributed by atoms with Crippen LogP contribution in [0.15, 0.2) is 30.7 Å². The minimum atomic E-state index is -0.873. The van der Waals surface area contributed by atoms with Gasteiger partial charge in [0.05, 0.1) is 24.9 Å². The monoisotopic (exact) mass is 456 g/mol. The number of hydrogen-bond donors (Lipinski definition) is 5. The van der Waals surface area contributed by atoms with Crippen LogP contribution in [0.25, 0.3) is 5.57 Å². The third kappa shape index (κ3) is 6.32. The Kier molecular flexibility index (Phi) is 8.42. The van der Waals surface area contributed by atoms with Crippen molar-refractivity contribution in [2.24, 2.45) is 0 Å². The average Bonchev–Trinajstić information content (AvgIpc) is 3.13. The maximum absolute atomic E-state index is 12.6. The number of aliphatic carboxylic acids is 1. The molecule has 11 heteroatoms. The fourth-order valence-corrected chi connectivity index (χ4v) is 3.21. The molecule has 0 radical (unpaired) electrons. The molecule has 2 heterocycles. The number of methoxy groups -OCH3 is 1. The zero-order valence-electron chi connectivity index (χ0n) is 18.6.